The summed E-state index contributed by atoms with van der Waals surface area (Å²) in [6.45, 7) is 4.55. The number of hydrogen-bond acceptors (Lipinski definition) is 2. The van der Waals surface area contributed by atoms with Crippen molar-refractivity contribution in [2.75, 3.05) is 18.4 Å². The van der Waals surface area contributed by atoms with Gasteiger partial charge in [0.05, 0.1) is 10.6 Å². The third kappa shape index (κ3) is 5.42. The van der Waals surface area contributed by atoms with Gasteiger partial charge in [0, 0.05) is 18.8 Å². The summed E-state index contributed by atoms with van der Waals surface area (Å²) in [6, 6.07) is 2.95. The number of alkyl halides is 3. The second-order valence-electron chi connectivity index (χ2n) is 4.94. The molecule has 1 aromatic carbocycles. The van der Waals surface area contributed by atoms with Gasteiger partial charge in [-0.25, -0.2) is 0 Å². The standard InChI is InChI=1S/C15H18ClF3N2O2/c1-3-7-21(8-4-2)14(23)13(22)20-10-5-6-12(16)11(9-10)15(17,18)19/h5-6,9H,3-4,7-8H2,1-2H3,(H,20,22). The van der Waals surface area contributed by atoms with E-state index in [9.17, 15) is 22.8 Å². The number of nitrogens with zero attached hydrogens (tertiary/aromatic N) is 1. The molecule has 0 spiro atoms. The summed E-state index contributed by atoms with van der Waals surface area (Å²) in [4.78, 5) is 25.3. The van der Waals surface area contributed by atoms with Crippen LogP contribution in [-0.2, 0) is 15.8 Å². The number of carbonyl (C=O) groups is 2. The average molecular weight is 351 g/mol. The number of benzene rings is 1. The van der Waals surface area contributed by atoms with Crippen LogP contribution in [0.5, 0.6) is 0 Å². The molecule has 0 saturated carbocycles. The lowest BCUT2D eigenvalue weighted by Crippen LogP contribution is -2.40. The van der Waals surface area contributed by atoms with Crippen LogP contribution in [0.3, 0.4) is 0 Å². The van der Waals surface area contributed by atoms with Crippen LogP contribution in [0.2, 0.25) is 5.02 Å². The second kappa shape index (κ2) is 8.19. The molecule has 0 aliphatic heterocycles. The topological polar surface area (TPSA) is 49.4 Å². The molecule has 0 bridgehead atoms. The highest BCUT2D eigenvalue weighted by Gasteiger charge is 2.33. The minimum absolute atomic E-state index is 0.131. The van der Waals surface area contributed by atoms with E-state index in [2.05, 4.69) is 5.32 Å². The zero-order valence-electron chi connectivity index (χ0n) is 12.8. The molecule has 0 radical (unpaired) electrons. The maximum Gasteiger partial charge on any atom is 0.417 e. The van der Waals surface area contributed by atoms with Crippen LogP contribution >= 0.6 is 11.6 Å². The van der Waals surface area contributed by atoms with Gasteiger partial charge in [0.15, 0.2) is 0 Å². The van der Waals surface area contributed by atoms with E-state index in [1.807, 2.05) is 13.8 Å². The monoisotopic (exact) mass is 350 g/mol. The summed E-state index contributed by atoms with van der Waals surface area (Å²) in [5.41, 5.74) is -1.20. The molecule has 0 fully saturated rings. The van der Waals surface area contributed by atoms with Crippen molar-refractivity contribution in [2.24, 2.45) is 0 Å². The quantitative estimate of drug-likeness (QED) is 0.817. The van der Waals surface area contributed by atoms with E-state index in [0.29, 0.717) is 32.0 Å². The Labute approximate surface area is 137 Å². The number of hydrogen-bond donors (Lipinski definition) is 1. The Morgan fingerprint density at radius 2 is 1.74 bits per heavy atom. The summed E-state index contributed by atoms with van der Waals surface area (Å²) in [7, 11) is 0. The van der Waals surface area contributed by atoms with Crippen molar-refractivity contribution in [3.63, 3.8) is 0 Å². The van der Waals surface area contributed by atoms with Crippen LogP contribution in [0.1, 0.15) is 32.3 Å². The third-order valence-corrected chi connectivity index (χ3v) is 3.33. The average Bonchev–Trinajstić information content (AvgIpc) is 2.47. The zero-order chi connectivity index (χ0) is 17.6. The van der Waals surface area contributed by atoms with Gasteiger partial charge in [-0.3, -0.25) is 9.59 Å². The normalized spacial score (nSPS) is 11.2. The molecule has 1 N–H and O–H groups in total. The van der Waals surface area contributed by atoms with Gasteiger partial charge in [0.25, 0.3) is 0 Å². The predicted molar refractivity (Wildman–Crippen MR) is 82.2 cm³/mol. The maximum absolute atomic E-state index is 12.8. The first-order valence-electron chi connectivity index (χ1n) is 7.17. The Kier molecular flexibility index (Phi) is 6.87. The Bertz CT molecular complexity index is 570. The molecule has 0 atom stereocenters. The van der Waals surface area contributed by atoms with Gasteiger partial charge in [-0.1, -0.05) is 25.4 Å². The molecule has 0 aromatic heterocycles. The van der Waals surface area contributed by atoms with Crippen LogP contribution in [0.15, 0.2) is 18.2 Å². The van der Waals surface area contributed by atoms with Gasteiger partial charge in [-0.05, 0) is 31.0 Å². The van der Waals surface area contributed by atoms with Crippen molar-refractivity contribution in [2.45, 2.75) is 32.9 Å². The lowest BCUT2D eigenvalue weighted by molar-refractivity contribution is -0.143. The summed E-state index contributed by atoms with van der Waals surface area (Å²) in [5.74, 6) is -1.74. The highest BCUT2D eigenvalue weighted by molar-refractivity contribution is 6.39. The molecule has 4 nitrogen and oxygen atoms in total. The Morgan fingerprint density at radius 3 is 2.22 bits per heavy atom. The molecule has 0 saturated heterocycles. The number of anilines is 1. The lowest BCUT2D eigenvalue weighted by atomic mass is 10.2. The summed E-state index contributed by atoms with van der Waals surface area (Å²) >= 11 is 5.51. The Morgan fingerprint density at radius 1 is 1.17 bits per heavy atom. The number of amides is 2. The van der Waals surface area contributed by atoms with E-state index >= 15 is 0 Å². The predicted octanol–water partition coefficient (Wildman–Crippen LogP) is 3.95. The molecule has 0 heterocycles. The molecular weight excluding hydrogens is 333 g/mol. The van der Waals surface area contributed by atoms with Crippen LogP contribution in [-0.4, -0.2) is 29.8 Å². The second-order valence-corrected chi connectivity index (χ2v) is 5.35. The summed E-state index contributed by atoms with van der Waals surface area (Å²) in [6.07, 6.45) is -3.28. The van der Waals surface area contributed by atoms with E-state index in [-0.39, 0.29) is 5.69 Å². The number of nitrogens with one attached hydrogen (secondary N) is 1. The fourth-order valence-corrected chi connectivity index (χ4v) is 2.23. The molecule has 0 unspecified atom stereocenters. The van der Waals surface area contributed by atoms with Crippen molar-refractivity contribution in [3.05, 3.63) is 28.8 Å². The SMILES string of the molecule is CCCN(CCC)C(=O)C(=O)Nc1ccc(Cl)c(C(F)(F)F)c1. The van der Waals surface area contributed by atoms with Crippen molar-refractivity contribution >= 4 is 29.1 Å². The van der Waals surface area contributed by atoms with Crippen LogP contribution in [0.25, 0.3) is 0 Å². The molecule has 8 heteroatoms. The van der Waals surface area contributed by atoms with Gasteiger partial charge in [0.2, 0.25) is 0 Å². The number of rotatable bonds is 5. The first-order chi connectivity index (χ1) is 10.7. The zero-order valence-corrected chi connectivity index (χ0v) is 13.6. The fraction of sp³-hybridized carbons (Fsp3) is 0.467. The highest BCUT2D eigenvalue weighted by atomic mass is 35.5. The number of halogens is 4. The largest absolute Gasteiger partial charge is 0.417 e. The smallest absolute Gasteiger partial charge is 0.334 e. The van der Waals surface area contributed by atoms with E-state index in [1.54, 1.807) is 0 Å². The molecule has 1 rings (SSSR count). The van der Waals surface area contributed by atoms with Gasteiger partial charge >= 0.3 is 18.0 Å². The Hall–Kier alpha value is -1.76. The van der Waals surface area contributed by atoms with Crippen molar-refractivity contribution in [1.82, 2.24) is 4.90 Å². The molecule has 23 heavy (non-hydrogen) atoms. The van der Waals surface area contributed by atoms with E-state index in [0.717, 1.165) is 6.07 Å². The highest BCUT2D eigenvalue weighted by Crippen LogP contribution is 2.36. The molecule has 0 aliphatic rings. The van der Waals surface area contributed by atoms with Gasteiger partial charge < -0.3 is 10.2 Å². The van der Waals surface area contributed by atoms with Gasteiger partial charge in [-0.2, -0.15) is 13.2 Å². The van der Waals surface area contributed by atoms with Crippen molar-refractivity contribution in [1.29, 1.82) is 0 Å². The molecular formula is C15H18ClF3N2O2. The molecule has 128 valence electrons. The molecule has 0 aliphatic carbocycles. The Balaban J connectivity index is 2.90. The minimum atomic E-state index is -4.64. The van der Waals surface area contributed by atoms with Crippen molar-refractivity contribution < 1.29 is 22.8 Å². The molecule has 1 aromatic rings. The van der Waals surface area contributed by atoms with Crippen molar-refractivity contribution in [3.8, 4) is 0 Å². The van der Waals surface area contributed by atoms with Gasteiger partial charge in [0.1, 0.15) is 0 Å². The first-order valence-corrected chi connectivity index (χ1v) is 7.55. The molecule has 2 amide bonds. The van der Waals surface area contributed by atoms with Crippen LogP contribution < -0.4 is 5.32 Å². The summed E-state index contributed by atoms with van der Waals surface area (Å²) in [5, 5.41) is 1.72. The maximum atomic E-state index is 12.8. The van der Waals surface area contributed by atoms with E-state index in [4.69, 9.17) is 11.6 Å². The van der Waals surface area contributed by atoms with Crippen LogP contribution in [0.4, 0.5) is 18.9 Å². The summed E-state index contributed by atoms with van der Waals surface area (Å²) < 4.78 is 38.3. The van der Waals surface area contributed by atoms with Crippen LogP contribution in [0, 0.1) is 0 Å². The number of carbonyl (C=O) groups excluding carboxylic acids is 2. The first kappa shape index (κ1) is 19.3. The van der Waals surface area contributed by atoms with E-state index in [1.165, 1.54) is 11.0 Å². The lowest BCUT2D eigenvalue weighted by Gasteiger charge is -2.20. The van der Waals surface area contributed by atoms with Gasteiger partial charge in [-0.15, -0.1) is 0 Å². The fourth-order valence-electron chi connectivity index (χ4n) is 2.00. The third-order valence-electron chi connectivity index (χ3n) is 3.00. The minimum Gasteiger partial charge on any atom is -0.334 e. The van der Waals surface area contributed by atoms with E-state index < -0.39 is 28.6 Å².